The SMILES string of the molecule is Nc1ccc(Cl)c(SCN2C(=O)c3ccccc3C2=O)c1. The molecular weight excluding hydrogens is 308 g/mol. The summed E-state index contributed by atoms with van der Waals surface area (Å²) >= 11 is 7.39. The van der Waals surface area contributed by atoms with Gasteiger partial charge in [0.1, 0.15) is 0 Å². The summed E-state index contributed by atoms with van der Waals surface area (Å²) in [4.78, 5) is 26.4. The highest BCUT2D eigenvalue weighted by molar-refractivity contribution is 7.99. The van der Waals surface area contributed by atoms with Crippen LogP contribution in [0.5, 0.6) is 0 Å². The van der Waals surface area contributed by atoms with Gasteiger partial charge in [0.2, 0.25) is 0 Å². The number of rotatable bonds is 3. The summed E-state index contributed by atoms with van der Waals surface area (Å²) in [6, 6.07) is 11.9. The lowest BCUT2D eigenvalue weighted by Gasteiger charge is -2.14. The molecule has 6 heteroatoms. The van der Waals surface area contributed by atoms with E-state index in [4.69, 9.17) is 17.3 Å². The largest absolute Gasteiger partial charge is 0.399 e. The molecule has 0 unspecified atom stereocenters. The van der Waals surface area contributed by atoms with Gasteiger partial charge in [-0.25, -0.2) is 0 Å². The van der Waals surface area contributed by atoms with Crippen molar-refractivity contribution in [2.24, 2.45) is 0 Å². The molecule has 2 amide bonds. The third kappa shape index (κ3) is 2.50. The summed E-state index contributed by atoms with van der Waals surface area (Å²) in [6.07, 6.45) is 0. The topological polar surface area (TPSA) is 63.4 Å². The summed E-state index contributed by atoms with van der Waals surface area (Å²) < 4.78 is 0. The van der Waals surface area contributed by atoms with Crippen molar-refractivity contribution in [2.45, 2.75) is 4.90 Å². The van der Waals surface area contributed by atoms with Crippen LogP contribution in [0.1, 0.15) is 20.7 Å². The van der Waals surface area contributed by atoms with Crippen LogP contribution in [-0.2, 0) is 0 Å². The monoisotopic (exact) mass is 318 g/mol. The molecule has 4 nitrogen and oxygen atoms in total. The maximum absolute atomic E-state index is 12.2. The number of benzene rings is 2. The molecule has 0 spiro atoms. The van der Waals surface area contributed by atoms with Gasteiger partial charge in [0, 0.05) is 10.6 Å². The Kier molecular flexibility index (Phi) is 3.61. The van der Waals surface area contributed by atoms with Crippen LogP contribution in [0.2, 0.25) is 5.02 Å². The van der Waals surface area contributed by atoms with Crippen LogP contribution in [0.15, 0.2) is 47.4 Å². The number of imide groups is 1. The molecule has 3 rings (SSSR count). The third-order valence-corrected chi connectivity index (χ3v) is 4.66. The fourth-order valence-electron chi connectivity index (χ4n) is 2.12. The summed E-state index contributed by atoms with van der Waals surface area (Å²) in [5, 5.41) is 0.547. The van der Waals surface area contributed by atoms with Crippen LogP contribution in [0.3, 0.4) is 0 Å². The van der Waals surface area contributed by atoms with Gasteiger partial charge in [-0.3, -0.25) is 14.5 Å². The zero-order valence-corrected chi connectivity index (χ0v) is 12.4. The zero-order chi connectivity index (χ0) is 15.0. The van der Waals surface area contributed by atoms with Crippen molar-refractivity contribution in [3.8, 4) is 0 Å². The normalized spacial score (nSPS) is 13.7. The number of carbonyl (C=O) groups excluding carboxylic acids is 2. The molecule has 2 N–H and O–H groups in total. The molecule has 0 saturated carbocycles. The van der Waals surface area contributed by atoms with Gasteiger partial charge in [-0.1, -0.05) is 23.7 Å². The molecule has 0 saturated heterocycles. The Balaban J connectivity index is 1.80. The van der Waals surface area contributed by atoms with Gasteiger partial charge in [-0.15, -0.1) is 11.8 Å². The molecule has 2 aromatic rings. The number of halogens is 1. The van der Waals surface area contributed by atoms with E-state index in [9.17, 15) is 9.59 Å². The minimum Gasteiger partial charge on any atom is -0.399 e. The number of nitrogen functional groups attached to an aromatic ring is 1. The number of thioether (sulfide) groups is 1. The lowest BCUT2D eigenvalue weighted by atomic mass is 10.1. The molecule has 2 aromatic carbocycles. The maximum Gasteiger partial charge on any atom is 0.262 e. The van der Waals surface area contributed by atoms with Crippen LogP contribution in [0.4, 0.5) is 5.69 Å². The zero-order valence-electron chi connectivity index (χ0n) is 10.9. The summed E-state index contributed by atoms with van der Waals surface area (Å²) in [7, 11) is 0. The van der Waals surface area contributed by atoms with Crippen LogP contribution >= 0.6 is 23.4 Å². The lowest BCUT2D eigenvalue weighted by molar-refractivity contribution is 0.0684. The van der Waals surface area contributed by atoms with E-state index in [2.05, 4.69) is 0 Å². The first kappa shape index (κ1) is 14.0. The lowest BCUT2D eigenvalue weighted by Crippen LogP contribution is -2.29. The average Bonchev–Trinajstić information content (AvgIpc) is 2.73. The molecule has 0 bridgehead atoms. The molecule has 0 aromatic heterocycles. The number of fused-ring (bicyclic) bond motifs is 1. The summed E-state index contributed by atoms with van der Waals surface area (Å²) in [5.41, 5.74) is 7.19. The number of hydrogen-bond donors (Lipinski definition) is 1. The van der Waals surface area contributed by atoms with Crippen molar-refractivity contribution in [2.75, 3.05) is 11.6 Å². The Morgan fingerprint density at radius 1 is 1.05 bits per heavy atom. The van der Waals surface area contributed by atoms with E-state index in [1.165, 1.54) is 16.7 Å². The van der Waals surface area contributed by atoms with Crippen LogP contribution in [-0.4, -0.2) is 22.6 Å². The fourth-order valence-corrected chi connectivity index (χ4v) is 3.33. The highest BCUT2D eigenvalue weighted by Gasteiger charge is 2.34. The minimum atomic E-state index is -0.275. The molecule has 0 aliphatic carbocycles. The fraction of sp³-hybridized carbons (Fsp3) is 0.0667. The number of hydrogen-bond acceptors (Lipinski definition) is 4. The molecule has 21 heavy (non-hydrogen) atoms. The van der Waals surface area contributed by atoms with Crippen LogP contribution in [0, 0.1) is 0 Å². The first-order chi connectivity index (χ1) is 10.1. The molecule has 0 radical (unpaired) electrons. The molecule has 106 valence electrons. The number of nitrogens with two attached hydrogens (primary N) is 1. The number of nitrogens with zero attached hydrogens (tertiary/aromatic N) is 1. The molecular formula is C15H11ClN2O2S. The molecule has 0 atom stereocenters. The Morgan fingerprint density at radius 2 is 1.67 bits per heavy atom. The molecule has 1 aliphatic rings. The highest BCUT2D eigenvalue weighted by Crippen LogP contribution is 2.32. The van der Waals surface area contributed by atoms with E-state index in [0.29, 0.717) is 21.8 Å². The van der Waals surface area contributed by atoms with Gasteiger partial charge in [-0.05, 0) is 30.3 Å². The van der Waals surface area contributed by atoms with E-state index in [1.54, 1.807) is 42.5 Å². The third-order valence-electron chi connectivity index (χ3n) is 3.18. The Morgan fingerprint density at radius 3 is 2.29 bits per heavy atom. The van der Waals surface area contributed by atoms with E-state index in [1.807, 2.05) is 0 Å². The van der Waals surface area contributed by atoms with Gasteiger partial charge in [0.15, 0.2) is 0 Å². The molecule has 1 heterocycles. The maximum atomic E-state index is 12.2. The van der Waals surface area contributed by atoms with Crippen molar-refractivity contribution in [3.63, 3.8) is 0 Å². The van der Waals surface area contributed by atoms with Gasteiger partial charge < -0.3 is 5.73 Å². The number of carbonyl (C=O) groups is 2. The number of amides is 2. The van der Waals surface area contributed by atoms with Gasteiger partial charge >= 0.3 is 0 Å². The van der Waals surface area contributed by atoms with Gasteiger partial charge in [0.05, 0.1) is 22.0 Å². The highest BCUT2D eigenvalue weighted by atomic mass is 35.5. The Labute approximate surface area is 130 Å². The van der Waals surface area contributed by atoms with Crippen molar-refractivity contribution >= 4 is 40.9 Å². The second kappa shape index (κ2) is 5.42. The van der Waals surface area contributed by atoms with Crippen LogP contribution in [0.25, 0.3) is 0 Å². The standard InChI is InChI=1S/C15H11ClN2O2S/c16-12-6-5-9(17)7-13(12)21-8-18-14(19)10-3-1-2-4-11(10)15(18)20/h1-7H,8,17H2. The summed E-state index contributed by atoms with van der Waals surface area (Å²) in [6.45, 7) is 0. The second-order valence-corrected chi connectivity index (χ2v) is 5.94. The van der Waals surface area contributed by atoms with Crippen molar-refractivity contribution in [1.29, 1.82) is 0 Å². The predicted octanol–water partition coefficient (Wildman–Crippen LogP) is 3.27. The van der Waals surface area contributed by atoms with E-state index in [0.717, 1.165) is 4.90 Å². The second-order valence-electron chi connectivity index (χ2n) is 4.55. The van der Waals surface area contributed by atoms with Crippen molar-refractivity contribution in [1.82, 2.24) is 4.90 Å². The molecule has 0 fully saturated rings. The number of anilines is 1. The summed E-state index contributed by atoms with van der Waals surface area (Å²) in [5.74, 6) is -0.346. The first-order valence-corrected chi connectivity index (χ1v) is 7.57. The predicted molar refractivity (Wildman–Crippen MR) is 83.5 cm³/mol. The van der Waals surface area contributed by atoms with E-state index < -0.39 is 0 Å². The van der Waals surface area contributed by atoms with Gasteiger partial charge in [0.25, 0.3) is 11.8 Å². The molecule has 1 aliphatic heterocycles. The van der Waals surface area contributed by atoms with Gasteiger partial charge in [-0.2, -0.15) is 0 Å². The quantitative estimate of drug-likeness (QED) is 0.536. The van der Waals surface area contributed by atoms with E-state index in [-0.39, 0.29) is 17.7 Å². The average molecular weight is 319 g/mol. The van der Waals surface area contributed by atoms with E-state index >= 15 is 0 Å². The van der Waals surface area contributed by atoms with Crippen molar-refractivity contribution in [3.05, 3.63) is 58.6 Å². The van der Waals surface area contributed by atoms with Crippen LogP contribution < -0.4 is 5.73 Å². The first-order valence-electron chi connectivity index (χ1n) is 6.21. The minimum absolute atomic E-state index is 0.204. The Hall–Kier alpha value is -1.98. The Bertz CT molecular complexity index is 713. The smallest absolute Gasteiger partial charge is 0.262 e. The van der Waals surface area contributed by atoms with Crippen molar-refractivity contribution < 1.29 is 9.59 Å².